The van der Waals surface area contributed by atoms with Crippen molar-refractivity contribution < 1.29 is 22.7 Å². The lowest BCUT2D eigenvalue weighted by Crippen LogP contribution is -2.51. The molecule has 0 fully saturated rings. The minimum Gasteiger partial charge on any atom is -0.495 e. The molecular weight excluding hydrogens is 585 g/mol. The molecule has 0 aliphatic heterocycles. The first-order valence-corrected chi connectivity index (χ1v) is 14.5. The molecule has 0 heterocycles. The standard InChI is InChI=1S/C27H28Cl3N3O5S/c1-4-23(27(35)31-2)32(16-18-10-11-19(28)14-22(18)30)26(34)17-33(24-15-20(29)12-13-25(24)38-3)39(36,37)21-8-6-5-7-9-21/h5-15,23H,4,16-17H2,1-3H3,(H,31,35). The number of ether oxygens (including phenoxy) is 1. The maximum absolute atomic E-state index is 14.0. The highest BCUT2D eigenvalue weighted by Gasteiger charge is 2.34. The zero-order valence-corrected chi connectivity index (χ0v) is 24.6. The van der Waals surface area contributed by atoms with Gasteiger partial charge in [-0.25, -0.2) is 8.42 Å². The van der Waals surface area contributed by atoms with Crippen molar-refractivity contribution in [2.24, 2.45) is 0 Å². The quantitative estimate of drug-likeness (QED) is 0.313. The van der Waals surface area contributed by atoms with Gasteiger partial charge >= 0.3 is 0 Å². The van der Waals surface area contributed by atoms with E-state index < -0.39 is 34.4 Å². The molecule has 0 spiro atoms. The number of hydrogen-bond donors (Lipinski definition) is 1. The molecule has 208 valence electrons. The summed E-state index contributed by atoms with van der Waals surface area (Å²) in [6.45, 7) is 1.04. The van der Waals surface area contributed by atoms with Gasteiger partial charge in [0.15, 0.2) is 0 Å². The fourth-order valence-corrected chi connectivity index (χ4v) is 6.08. The van der Waals surface area contributed by atoms with Crippen LogP contribution in [0.25, 0.3) is 0 Å². The number of anilines is 1. The second kappa shape index (κ2) is 13.4. The van der Waals surface area contributed by atoms with E-state index in [1.165, 1.54) is 49.4 Å². The summed E-state index contributed by atoms with van der Waals surface area (Å²) < 4.78 is 34.1. The Hall–Kier alpha value is -2.98. The molecule has 0 aliphatic carbocycles. The molecule has 3 rings (SSSR count). The van der Waals surface area contributed by atoms with E-state index in [1.54, 1.807) is 43.3 Å². The Kier molecular flexibility index (Phi) is 10.5. The number of benzene rings is 3. The summed E-state index contributed by atoms with van der Waals surface area (Å²) in [6.07, 6.45) is 0.266. The van der Waals surface area contributed by atoms with Crippen molar-refractivity contribution in [3.05, 3.63) is 87.4 Å². The minimum atomic E-state index is -4.27. The lowest BCUT2D eigenvalue weighted by Gasteiger charge is -2.33. The van der Waals surface area contributed by atoms with Gasteiger partial charge in [-0.05, 0) is 54.4 Å². The van der Waals surface area contributed by atoms with Gasteiger partial charge in [0.25, 0.3) is 10.0 Å². The lowest BCUT2D eigenvalue weighted by molar-refractivity contribution is -0.140. The van der Waals surface area contributed by atoms with E-state index in [0.29, 0.717) is 15.6 Å². The van der Waals surface area contributed by atoms with E-state index in [2.05, 4.69) is 5.32 Å². The maximum atomic E-state index is 14.0. The van der Waals surface area contributed by atoms with Crippen molar-refractivity contribution in [2.75, 3.05) is 25.0 Å². The SMILES string of the molecule is CCC(C(=O)NC)N(Cc1ccc(Cl)cc1Cl)C(=O)CN(c1cc(Cl)ccc1OC)S(=O)(=O)c1ccccc1. The fraction of sp³-hybridized carbons (Fsp3) is 0.259. The first-order valence-electron chi connectivity index (χ1n) is 11.9. The number of nitrogens with one attached hydrogen (secondary N) is 1. The summed E-state index contributed by atoms with van der Waals surface area (Å²) >= 11 is 18.7. The van der Waals surface area contributed by atoms with Crippen LogP contribution in [-0.4, -0.2) is 51.9 Å². The molecule has 0 radical (unpaired) electrons. The Labute approximate surface area is 243 Å². The van der Waals surface area contributed by atoms with Crippen molar-refractivity contribution in [2.45, 2.75) is 30.8 Å². The Morgan fingerprint density at radius 2 is 1.62 bits per heavy atom. The van der Waals surface area contributed by atoms with E-state index in [-0.39, 0.29) is 34.3 Å². The van der Waals surface area contributed by atoms with E-state index in [4.69, 9.17) is 39.5 Å². The van der Waals surface area contributed by atoms with Crippen LogP contribution in [-0.2, 0) is 26.2 Å². The van der Waals surface area contributed by atoms with Gasteiger partial charge < -0.3 is 15.0 Å². The number of carbonyl (C=O) groups is 2. The molecule has 0 aliphatic rings. The van der Waals surface area contributed by atoms with Crippen LogP contribution >= 0.6 is 34.8 Å². The van der Waals surface area contributed by atoms with Gasteiger partial charge in [0, 0.05) is 28.7 Å². The molecule has 1 atom stereocenters. The van der Waals surface area contributed by atoms with E-state index >= 15 is 0 Å². The van der Waals surface area contributed by atoms with E-state index in [1.807, 2.05) is 0 Å². The van der Waals surface area contributed by atoms with Crippen LogP contribution in [0.5, 0.6) is 5.75 Å². The summed E-state index contributed by atoms with van der Waals surface area (Å²) in [5.74, 6) is -0.857. The summed E-state index contributed by atoms with van der Waals surface area (Å²) in [5.41, 5.74) is 0.606. The number of amides is 2. The zero-order valence-electron chi connectivity index (χ0n) is 21.5. The third-order valence-electron chi connectivity index (χ3n) is 6.01. The summed E-state index contributed by atoms with van der Waals surface area (Å²) in [4.78, 5) is 28.1. The van der Waals surface area contributed by atoms with Crippen molar-refractivity contribution in [1.29, 1.82) is 0 Å². The molecule has 39 heavy (non-hydrogen) atoms. The molecule has 12 heteroatoms. The van der Waals surface area contributed by atoms with Gasteiger partial charge in [0.2, 0.25) is 11.8 Å². The molecule has 2 amide bonds. The minimum absolute atomic E-state index is 0.0366. The smallest absolute Gasteiger partial charge is 0.264 e. The van der Waals surface area contributed by atoms with Crippen molar-refractivity contribution in [3.8, 4) is 5.75 Å². The number of hydrogen-bond acceptors (Lipinski definition) is 5. The summed E-state index contributed by atoms with van der Waals surface area (Å²) in [5, 5.41) is 3.53. The van der Waals surface area contributed by atoms with Gasteiger partial charge in [0.05, 0.1) is 17.7 Å². The first-order chi connectivity index (χ1) is 18.5. The van der Waals surface area contributed by atoms with Crippen molar-refractivity contribution in [3.63, 3.8) is 0 Å². The highest BCUT2D eigenvalue weighted by atomic mass is 35.5. The van der Waals surface area contributed by atoms with Crippen LogP contribution in [0.2, 0.25) is 15.1 Å². The summed E-state index contributed by atoms with van der Waals surface area (Å²) in [7, 11) is -1.43. The number of methoxy groups -OCH3 is 1. The topological polar surface area (TPSA) is 96.0 Å². The number of nitrogens with zero attached hydrogens (tertiary/aromatic N) is 2. The third kappa shape index (κ3) is 7.16. The van der Waals surface area contributed by atoms with Crippen molar-refractivity contribution in [1.82, 2.24) is 10.2 Å². The third-order valence-corrected chi connectivity index (χ3v) is 8.60. The zero-order chi connectivity index (χ0) is 28.7. The second-order valence-corrected chi connectivity index (χ2v) is 11.6. The molecule has 1 N–H and O–H groups in total. The lowest BCUT2D eigenvalue weighted by atomic mass is 10.1. The van der Waals surface area contributed by atoms with Gasteiger partial charge in [-0.15, -0.1) is 0 Å². The maximum Gasteiger partial charge on any atom is 0.264 e. The van der Waals surface area contributed by atoms with Crippen LogP contribution < -0.4 is 14.4 Å². The number of likely N-dealkylation sites (N-methyl/N-ethyl adjacent to an activating group) is 1. The van der Waals surface area contributed by atoms with Gasteiger partial charge in [0.1, 0.15) is 18.3 Å². The molecule has 8 nitrogen and oxygen atoms in total. The normalized spacial score (nSPS) is 11.9. The molecule has 0 saturated carbocycles. The van der Waals surface area contributed by atoms with Crippen LogP contribution in [0.4, 0.5) is 5.69 Å². The highest BCUT2D eigenvalue weighted by molar-refractivity contribution is 7.92. The number of rotatable bonds is 11. The second-order valence-electron chi connectivity index (χ2n) is 8.44. The average Bonchev–Trinajstić information content (AvgIpc) is 2.92. The molecule has 0 bridgehead atoms. The number of carbonyl (C=O) groups excluding carboxylic acids is 2. The number of sulfonamides is 1. The van der Waals surface area contributed by atoms with Crippen LogP contribution in [0.1, 0.15) is 18.9 Å². The predicted octanol–water partition coefficient (Wildman–Crippen LogP) is 5.40. The molecule has 3 aromatic rings. The monoisotopic (exact) mass is 611 g/mol. The molecular formula is C27H28Cl3N3O5S. The van der Waals surface area contributed by atoms with E-state index in [0.717, 1.165) is 4.31 Å². The number of halogens is 3. The van der Waals surface area contributed by atoms with E-state index in [9.17, 15) is 18.0 Å². The highest BCUT2D eigenvalue weighted by Crippen LogP contribution is 2.35. The Morgan fingerprint density at radius 1 is 0.974 bits per heavy atom. The largest absolute Gasteiger partial charge is 0.495 e. The Balaban J connectivity index is 2.14. The average molecular weight is 613 g/mol. The molecule has 3 aromatic carbocycles. The molecule has 0 aromatic heterocycles. The molecule has 1 unspecified atom stereocenters. The van der Waals surface area contributed by atoms with Crippen LogP contribution in [0.15, 0.2) is 71.6 Å². The fourth-order valence-electron chi connectivity index (χ4n) is 4.01. The molecule has 0 saturated heterocycles. The van der Waals surface area contributed by atoms with Gasteiger partial charge in [-0.3, -0.25) is 13.9 Å². The van der Waals surface area contributed by atoms with Crippen molar-refractivity contribution >= 4 is 62.3 Å². The summed E-state index contributed by atoms with van der Waals surface area (Å²) in [6, 6.07) is 16.1. The van der Waals surface area contributed by atoms with Crippen LogP contribution in [0, 0.1) is 0 Å². The Bertz CT molecular complexity index is 1440. The van der Waals surface area contributed by atoms with Crippen LogP contribution in [0.3, 0.4) is 0 Å². The van der Waals surface area contributed by atoms with Gasteiger partial charge in [-0.2, -0.15) is 0 Å². The predicted molar refractivity (Wildman–Crippen MR) is 154 cm³/mol. The van der Waals surface area contributed by atoms with Gasteiger partial charge in [-0.1, -0.05) is 66.0 Å². The first kappa shape index (κ1) is 30.6. The Morgan fingerprint density at radius 3 is 2.21 bits per heavy atom.